The number of hydrogen-bond donors (Lipinski definition) is 2. The number of fused-ring (bicyclic) bond motifs is 1. The Bertz CT molecular complexity index is 727. The minimum atomic E-state index is -0.893. The predicted octanol–water partition coefficient (Wildman–Crippen LogP) is 0.891. The van der Waals surface area contributed by atoms with Crippen LogP contribution in [0, 0.1) is 0 Å². The zero-order chi connectivity index (χ0) is 17.4. The minimum absolute atomic E-state index is 0.0542. The van der Waals surface area contributed by atoms with Gasteiger partial charge in [-0.25, -0.2) is 4.79 Å². The molecule has 0 aromatic heterocycles. The molecule has 1 spiro atoms. The van der Waals surface area contributed by atoms with Crippen LogP contribution in [-0.2, 0) is 20.7 Å². The lowest BCUT2D eigenvalue weighted by molar-refractivity contribution is -0.137. The van der Waals surface area contributed by atoms with Gasteiger partial charge in [-0.05, 0) is 24.0 Å². The van der Waals surface area contributed by atoms with Crippen LogP contribution in [0.3, 0.4) is 0 Å². The lowest BCUT2D eigenvalue weighted by atomic mass is 9.90. The van der Waals surface area contributed by atoms with Gasteiger partial charge in [-0.2, -0.15) is 0 Å². The Kier molecular flexibility index (Phi) is 3.95. The summed E-state index contributed by atoms with van der Waals surface area (Å²) >= 11 is 0. The van der Waals surface area contributed by atoms with Crippen molar-refractivity contribution in [2.75, 3.05) is 19.8 Å². The summed E-state index contributed by atoms with van der Waals surface area (Å²) in [6.07, 6.45) is 2.66. The Hall–Kier alpha value is -2.41. The van der Waals surface area contributed by atoms with Gasteiger partial charge in [0.05, 0.1) is 6.04 Å². The molecule has 7 heteroatoms. The van der Waals surface area contributed by atoms with E-state index in [4.69, 9.17) is 4.74 Å². The summed E-state index contributed by atoms with van der Waals surface area (Å²) in [7, 11) is 0. The first-order valence-corrected chi connectivity index (χ1v) is 8.68. The zero-order valence-corrected chi connectivity index (χ0v) is 13.9. The highest BCUT2D eigenvalue weighted by molar-refractivity contribution is 6.09. The molecule has 7 nitrogen and oxygen atoms in total. The number of hydrogen-bond acceptors (Lipinski definition) is 4. The van der Waals surface area contributed by atoms with Gasteiger partial charge >= 0.3 is 6.03 Å². The molecule has 25 heavy (non-hydrogen) atoms. The largest absolute Gasteiger partial charge is 0.381 e. The van der Waals surface area contributed by atoms with Crippen molar-refractivity contribution in [3.05, 3.63) is 35.4 Å². The average molecular weight is 343 g/mol. The fourth-order valence-electron chi connectivity index (χ4n) is 3.97. The summed E-state index contributed by atoms with van der Waals surface area (Å²) in [5, 5.41) is 5.72. The number of nitrogens with one attached hydrogen (secondary N) is 2. The fraction of sp³-hybridized carbons (Fsp3) is 0.500. The molecule has 0 radical (unpaired) electrons. The van der Waals surface area contributed by atoms with Gasteiger partial charge in [0.2, 0.25) is 5.91 Å². The molecule has 1 aliphatic carbocycles. The Morgan fingerprint density at radius 1 is 1.28 bits per heavy atom. The normalized spacial score (nSPS) is 24.3. The molecule has 2 N–H and O–H groups in total. The van der Waals surface area contributed by atoms with Gasteiger partial charge in [-0.15, -0.1) is 0 Å². The van der Waals surface area contributed by atoms with Crippen molar-refractivity contribution in [1.29, 1.82) is 0 Å². The molecule has 4 rings (SSSR count). The lowest BCUT2D eigenvalue weighted by Gasteiger charge is -2.30. The van der Waals surface area contributed by atoms with Crippen molar-refractivity contribution in [2.45, 2.75) is 37.3 Å². The lowest BCUT2D eigenvalue weighted by Crippen LogP contribution is -2.51. The fourth-order valence-corrected chi connectivity index (χ4v) is 3.97. The summed E-state index contributed by atoms with van der Waals surface area (Å²) in [5.74, 6) is -0.628. The molecule has 0 saturated carbocycles. The SMILES string of the molecule is O=C(CN1C(=O)NC2(CCOCC2)C1=O)N[C@@H]1CCc2ccccc21. The summed E-state index contributed by atoms with van der Waals surface area (Å²) in [6, 6.07) is 7.47. The van der Waals surface area contributed by atoms with E-state index in [0.29, 0.717) is 26.1 Å². The number of carbonyl (C=O) groups excluding carboxylic acids is 3. The van der Waals surface area contributed by atoms with E-state index in [0.717, 1.165) is 23.3 Å². The maximum Gasteiger partial charge on any atom is 0.325 e. The number of carbonyl (C=O) groups is 3. The molecule has 1 aromatic rings. The highest BCUT2D eigenvalue weighted by Gasteiger charge is 2.52. The molecule has 0 unspecified atom stereocenters. The maximum absolute atomic E-state index is 12.7. The first kappa shape index (κ1) is 16.1. The van der Waals surface area contributed by atoms with Crippen LogP contribution in [0.5, 0.6) is 0 Å². The Morgan fingerprint density at radius 2 is 2.04 bits per heavy atom. The van der Waals surface area contributed by atoms with E-state index in [9.17, 15) is 14.4 Å². The van der Waals surface area contributed by atoms with E-state index < -0.39 is 11.6 Å². The third-order valence-corrected chi connectivity index (χ3v) is 5.36. The van der Waals surface area contributed by atoms with Crippen LogP contribution in [0.1, 0.15) is 36.4 Å². The summed E-state index contributed by atoms with van der Waals surface area (Å²) in [4.78, 5) is 38.3. The van der Waals surface area contributed by atoms with Gasteiger partial charge in [-0.1, -0.05) is 24.3 Å². The zero-order valence-electron chi connectivity index (χ0n) is 13.9. The van der Waals surface area contributed by atoms with Crippen molar-refractivity contribution in [3.8, 4) is 0 Å². The van der Waals surface area contributed by atoms with Gasteiger partial charge in [0.1, 0.15) is 12.1 Å². The number of urea groups is 1. The smallest absolute Gasteiger partial charge is 0.325 e. The van der Waals surface area contributed by atoms with Crippen LogP contribution < -0.4 is 10.6 Å². The summed E-state index contributed by atoms with van der Waals surface area (Å²) in [6.45, 7) is 0.627. The van der Waals surface area contributed by atoms with Gasteiger partial charge in [0.25, 0.3) is 5.91 Å². The van der Waals surface area contributed by atoms with E-state index in [1.165, 1.54) is 5.56 Å². The van der Waals surface area contributed by atoms with Crippen LogP contribution in [-0.4, -0.2) is 48.0 Å². The van der Waals surface area contributed by atoms with Crippen LogP contribution >= 0.6 is 0 Å². The molecule has 1 aromatic carbocycles. The van der Waals surface area contributed by atoms with Crippen molar-refractivity contribution in [3.63, 3.8) is 0 Å². The Labute approximate surface area is 145 Å². The third-order valence-electron chi connectivity index (χ3n) is 5.36. The molecule has 2 fully saturated rings. The number of amides is 4. The first-order valence-electron chi connectivity index (χ1n) is 8.68. The van der Waals surface area contributed by atoms with Crippen molar-refractivity contribution >= 4 is 17.8 Å². The predicted molar refractivity (Wildman–Crippen MR) is 88.7 cm³/mol. The molecular formula is C18H21N3O4. The molecule has 3 aliphatic rings. The standard InChI is InChI=1S/C18H21N3O4/c22-15(19-14-6-5-12-3-1-2-4-13(12)14)11-21-16(23)18(20-17(21)24)7-9-25-10-8-18/h1-4,14H,5-11H2,(H,19,22)(H,20,24)/t14-/m1/s1. The quantitative estimate of drug-likeness (QED) is 0.798. The van der Waals surface area contributed by atoms with E-state index >= 15 is 0 Å². The topological polar surface area (TPSA) is 87.7 Å². The molecule has 2 aliphatic heterocycles. The van der Waals surface area contributed by atoms with Crippen LogP contribution in [0.4, 0.5) is 4.79 Å². The molecule has 2 heterocycles. The highest BCUT2D eigenvalue weighted by atomic mass is 16.5. The number of nitrogens with zero attached hydrogens (tertiary/aromatic N) is 1. The third kappa shape index (κ3) is 2.78. The van der Waals surface area contributed by atoms with Crippen molar-refractivity contribution in [1.82, 2.24) is 15.5 Å². The van der Waals surface area contributed by atoms with Crippen molar-refractivity contribution in [2.24, 2.45) is 0 Å². The number of ether oxygens (including phenoxy) is 1. The van der Waals surface area contributed by atoms with E-state index in [1.54, 1.807) is 0 Å². The Balaban J connectivity index is 1.41. The van der Waals surface area contributed by atoms with Gasteiger partial charge in [0.15, 0.2) is 0 Å². The number of rotatable bonds is 3. The summed E-state index contributed by atoms with van der Waals surface area (Å²) < 4.78 is 5.28. The number of aryl methyl sites for hydroxylation is 1. The van der Waals surface area contributed by atoms with Gasteiger partial charge in [-0.3, -0.25) is 14.5 Å². The van der Waals surface area contributed by atoms with Crippen LogP contribution in [0.15, 0.2) is 24.3 Å². The van der Waals surface area contributed by atoms with Crippen LogP contribution in [0.25, 0.3) is 0 Å². The maximum atomic E-state index is 12.7. The number of imide groups is 1. The van der Waals surface area contributed by atoms with E-state index in [1.807, 2.05) is 18.2 Å². The molecule has 132 valence electrons. The number of benzene rings is 1. The first-order chi connectivity index (χ1) is 12.1. The summed E-state index contributed by atoms with van der Waals surface area (Å²) in [5.41, 5.74) is 1.47. The molecule has 4 amide bonds. The highest BCUT2D eigenvalue weighted by Crippen LogP contribution is 2.31. The second-order valence-corrected chi connectivity index (χ2v) is 6.87. The van der Waals surface area contributed by atoms with Crippen LogP contribution in [0.2, 0.25) is 0 Å². The molecule has 2 saturated heterocycles. The molecular weight excluding hydrogens is 322 g/mol. The average Bonchev–Trinajstić information content (AvgIpc) is 3.11. The molecule has 0 bridgehead atoms. The van der Waals surface area contributed by atoms with E-state index in [-0.39, 0.29) is 24.4 Å². The molecule has 1 atom stereocenters. The minimum Gasteiger partial charge on any atom is -0.381 e. The van der Waals surface area contributed by atoms with E-state index in [2.05, 4.69) is 16.7 Å². The monoisotopic (exact) mass is 343 g/mol. The Morgan fingerprint density at radius 3 is 2.84 bits per heavy atom. The van der Waals surface area contributed by atoms with Gasteiger partial charge in [0, 0.05) is 26.1 Å². The second-order valence-electron chi connectivity index (χ2n) is 6.87. The second kappa shape index (κ2) is 6.15. The van der Waals surface area contributed by atoms with Crippen molar-refractivity contribution < 1.29 is 19.1 Å². The van der Waals surface area contributed by atoms with Gasteiger partial charge < -0.3 is 15.4 Å².